The minimum atomic E-state index is 0.517. The first-order valence-corrected chi connectivity index (χ1v) is 5.99. The number of rotatable bonds is 1. The van der Waals surface area contributed by atoms with Gasteiger partial charge in [-0.15, -0.1) is 0 Å². The van der Waals surface area contributed by atoms with E-state index >= 15 is 0 Å². The van der Waals surface area contributed by atoms with Gasteiger partial charge >= 0.3 is 0 Å². The minimum Gasteiger partial charge on any atom is -0.382 e. The highest BCUT2D eigenvalue weighted by Gasteiger charge is 2.13. The van der Waals surface area contributed by atoms with Gasteiger partial charge < -0.3 is 10.3 Å². The Morgan fingerprint density at radius 1 is 1.17 bits per heavy atom. The van der Waals surface area contributed by atoms with Crippen molar-refractivity contribution in [2.75, 3.05) is 5.73 Å². The molecule has 4 nitrogen and oxygen atoms in total. The van der Waals surface area contributed by atoms with Gasteiger partial charge in [0.1, 0.15) is 5.82 Å². The lowest BCUT2D eigenvalue weighted by Crippen LogP contribution is -1.98. The molecule has 18 heavy (non-hydrogen) atoms. The number of hydrogen-bond donors (Lipinski definition) is 1. The van der Waals surface area contributed by atoms with Crippen molar-refractivity contribution in [3.05, 3.63) is 35.4 Å². The van der Waals surface area contributed by atoms with Gasteiger partial charge in [0.2, 0.25) is 0 Å². The first kappa shape index (κ1) is 11.2. The van der Waals surface area contributed by atoms with Crippen molar-refractivity contribution < 1.29 is 0 Å². The van der Waals surface area contributed by atoms with Crippen LogP contribution in [-0.4, -0.2) is 14.3 Å². The molecule has 0 aliphatic rings. The van der Waals surface area contributed by atoms with Gasteiger partial charge in [-0.3, -0.25) is 4.68 Å². The maximum Gasteiger partial charge on any atom is 0.146 e. The van der Waals surface area contributed by atoms with Gasteiger partial charge in [-0.25, -0.2) is 0 Å². The van der Waals surface area contributed by atoms with E-state index in [9.17, 15) is 0 Å². The molecule has 0 saturated carbocycles. The quantitative estimate of drug-likeness (QED) is 0.731. The van der Waals surface area contributed by atoms with Gasteiger partial charge in [-0.1, -0.05) is 17.7 Å². The molecule has 2 N–H and O–H groups in total. The summed E-state index contributed by atoms with van der Waals surface area (Å²) in [5.74, 6) is 0.517. The Labute approximate surface area is 110 Å². The second kappa shape index (κ2) is 3.78. The van der Waals surface area contributed by atoms with E-state index < -0.39 is 0 Å². The van der Waals surface area contributed by atoms with Crippen molar-refractivity contribution in [1.29, 1.82) is 0 Å². The summed E-state index contributed by atoms with van der Waals surface area (Å²) in [6.07, 6.45) is 0. The standard InChI is InChI=1S/C13H13ClN4/c1-17-10-5-3-4-9(14)8(10)6-11(17)12-7-13(15)16-18(12)2/h3-7H,1-2H3,(H2,15,16). The number of benzene rings is 1. The van der Waals surface area contributed by atoms with E-state index in [-0.39, 0.29) is 0 Å². The molecule has 3 rings (SSSR count). The second-order valence-corrected chi connectivity index (χ2v) is 4.75. The van der Waals surface area contributed by atoms with Gasteiger partial charge in [0.25, 0.3) is 0 Å². The van der Waals surface area contributed by atoms with Crippen molar-refractivity contribution in [2.24, 2.45) is 14.1 Å². The van der Waals surface area contributed by atoms with Crippen LogP contribution in [0.5, 0.6) is 0 Å². The zero-order chi connectivity index (χ0) is 12.9. The SMILES string of the molecule is Cn1nc(N)cc1-c1cc2c(Cl)cccc2n1C. The lowest BCUT2D eigenvalue weighted by Gasteiger charge is -2.04. The van der Waals surface area contributed by atoms with E-state index in [0.29, 0.717) is 5.82 Å². The number of aromatic nitrogens is 3. The largest absolute Gasteiger partial charge is 0.382 e. The van der Waals surface area contributed by atoms with Crippen molar-refractivity contribution in [3.63, 3.8) is 0 Å². The molecule has 92 valence electrons. The van der Waals surface area contributed by atoms with Crippen LogP contribution in [0, 0.1) is 0 Å². The number of halogens is 1. The Morgan fingerprint density at radius 2 is 1.94 bits per heavy atom. The summed E-state index contributed by atoms with van der Waals surface area (Å²) in [6, 6.07) is 9.82. The molecule has 0 aliphatic heterocycles. The monoisotopic (exact) mass is 260 g/mol. The maximum absolute atomic E-state index is 6.21. The van der Waals surface area contributed by atoms with Gasteiger partial charge in [-0.2, -0.15) is 5.10 Å². The molecule has 0 fully saturated rings. The van der Waals surface area contributed by atoms with Crippen molar-refractivity contribution >= 4 is 28.3 Å². The molecule has 0 atom stereocenters. The summed E-state index contributed by atoms with van der Waals surface area (Å²) in [4.78, 5) is 0. The Hall–Kier alpha value is -1.94. The number of nitrogens with zero attached hydrogens (tertiary/aromatic N) is 3. The third kappa shape index (κ3) is 1.49. The summed E-state index contributed by atoms with van der Waals surface area (Å²) in [5, 5.41) is 5.96. The minimum absolute atomic E-state index is 0.517. The Morgan fingerprint density at radius 3 is 2.56 bits per heavy atom. The molecule has 1 aromatic carbocycles. The molecular formula is C13H13ClN4. The molecule has 2 aromatic heterocycles. The predicted molar refractivity (Wildman–Crippen MR) is 74.5 cm³/mol. The smallest absolute Gasteiger partial charge is 0.146 e. The second-order valence-electron chi connectivity index (χ2n) is 4.34. The summed E-state index contributed by atoms with van der Waals surface area (Å²) < 4.78 is 3.87. The molecule has 0 radical (unpaired) electrons. The number of aryl methyl sites for hydroxylation is 2. The molecular weight excluding hydrogens is 248 g/mol. The fraction of sp³-hybridized carbons (Fsp3) is 0.154. The molecule has 0 spiro atoms. The summed E-state index contributed by atoms with van der Waals surface area (Å²) >= 11 is 6.21. The summed E-state index contributed by atoms with van der Waals surface area (Å²) in [6.45, 7) is 0. The van der Waals surface area contributed by atoms with Gasteiger partial charge in [-0.05, 0) is 18.2 Å². The first-order valence-electron chi connectivity index (χ1n) is 5.62. The molecule has 2 heterocycles. The van der Waals surface area contributed by atoms with E-state index in [1.54, 1.807) is 4.68 Å². The number of anilines is 1. The van der Waals surface area contributed by atoms with E-state index in [2.05, 4.69) is 15.7 Å². The van der Waals surface area contributed by atoms with Crippen LogP contribution < -0.4 is 5.73 Å². The van der Waals surface area contributed by atoms with Crippen LogP contribution >= 0.6 is 11.6 Å². The lowest BCUT2D eigenvalue weighted by atomic mass is 10.2. The molecule has 5 heteroatoms. The van der Waals surface area contributed by atoms with E-state index in [4.69, 9.17) is 17.3 Å². The van der Waals surface area contributed by atoms with Crippen LogP contribution in [0.15, 0.2) is 30.3 Å². The molecule has 0 amide bonds. The van der Waals surface area contributed by atoms with E-state index in [1.807, 2.05) is 38.4 Å². The Bertz CT molecular complexity index is 739. The van der Waals surface area contributed by atoms with Gasteiger partial charge in [0.15, 0.2) is 0 Å². The molecule has 3 aromatic rings. The highest BCUT2D eigenvalue weighted by molar-refractivity contribution is 6.35. The maximum atomic E-state index is 6.21. The zero-order valence-corrected chi connectivity index (χ0v) is 10.9. The third-order valence-corrected chi connectivity index (χ3v) is 3.52. The van der Waals surface area contributed by atoms with Crippen LogP contribution in [-0.2, 0) is 14.1 Å². The van der Waals surface area contributed by atoms with Crippen LogP contribution in [0.2, 0.25) is 5.02 Å². The molecule has 0 bridgehead atoms. The van der Waals surface area contributed by atoms with Crippen molar-refractivity contribution in [3.8, 4) is 11.4 Å². The third-order valence-electron chi connectivity index (χ3n) is 3.19. The Kier molecular flexibility index (Phi) is 2.35. The summed E-state index contributed by atoms with van der Waals surface area (Å²) in [7, 11) is 3.89. The van der Waals surface area contributed by atoms with Crippen LogP contribution in [0.25, 0.3) is 22.3 Å². The molecule has 0 saturated heterocycles. The Balaban J connectivity index is 2.34. The number of nitrogens with two attached hydrogens (primary N) is 1. The fourth-order valence-corrected chi connectivity index (χ4v) is 2.52. The van der Waals surface area contributed by atoms with Gasteiger partial charge in [0.05, 0.1) is 11.4 Å². The van der Waals surface area contributed by atoms with Crippen molar-refractivity contribution in [1.82, 2.24) is 14.3 Å². The highest BCUT2D eigenvalue weighted by atomic mass is 35.5. The van der Waals surface area contributed by atoms with E-state index in [0.717, 1.165) is 27.3 Å². The predicted octanol–water partition coefficient (Wildman–Crippen LogP) is 2.81. The lowest BCUT2D eigenvalue weighted by molar-refractivity contribution is 0.772. The van der Waals surface area contributed by atoms with Crippen LogP contribution in [0.4, 0.5) is 5.82 Å². The first-order chi connectivity index (χ1) is 8.58. The number of nitrogen functional groups attached to an aromatic ring is 1. The van der Waals surface area contributed by atoms with Crippen LogP contribution in [0.3, 0.4) is 0 Å². The number of hydrogen-bond acceptors (Lipinski definition) is 2. The molecule has 0 aliphatic carbocycles. The average Bonchev–Trinajstić information content (AvgIpc) is 2.81. The zero-order valence-electron chi connectivity index (χ0n) is 10.2. The topological polar surface area (TPSA) is 48.8 Å². The normalized spacial score (nSPS) is 11.3. The van der Waals surface area contributed by atoms with Crippen LogP contribution in [0.1, 0.15) is 0 Å². The fourth-order valence-electron chi connectivity index (χ4n) is 2.30. The summed E-state index contributed by atoms with van der Waals surface area (Å²) in [5.41, 5.74) is 8.84. The van der Waals surface area contributed by atoms with Crippen molar-refractivity contribution in [2.45, 2.75) is 0 Å². The van der Waals surface area contributed by atoms with Gasteiger partial charge in [0, 0.05) is 36.1 Å². The molecule has 0 unspecified atom stereocenters. The average molecular weight is 261 g/mol. The highest BCUT2D eigenvalue weighted by Crippen LogP contribution is 2.31. The number of fused-ring (bicyclic) bond motifs is 1. The van der Waals surface area contributed by atoms with E-state index in [1.165, 1.54) is 0 Å².